The minimum absolute atomic E-state index is 0.181. The van der Waals surface area contributed by atoms with E-state index in [9.17, 15) is 19.5 Å². The molecule has 6 nitrogen and oxygen atoms in total. The number of hydrogen-bond acceptors (Lipinski definition) is 5. The molecule has 0 saturated heterocycles. The molecular formula is C33H28I4NO5+. The molecule has 1 aliphatic rings. The van der Waals surface area contributed by atoms with E-state index in [1.54, 1.807) is 30.3 Å². The number of halogens is 4. The highest BCUT2D eigenvalue weighted by Crippen LogP contribution is 2.43. The van der Waals surface area contributed by atoms with Gasteiger partial charge in [-0.2, -0.15) is 0 Å². The van der Waals surface area contributed by atoms with E-state index in [0.29, 0.717) is 39.0 Å². The lowest BCUT2D eigenvalue weighted by Crippen LogP contribution is -2.24. The molecule has 0 bridgehead atoms. The Morgan fingerprint density at radius 2 is 1.30 bits per heavy atom. The number of nitrogens with one attached hydrogen (secondary N) is 1. The summed E-state index contributed by atoms with van der Waals surface area (Å²) in [6.45, 7) is 11.9. The van der Waals surface area contributed by atoms with Crippen LogP contribution < -0.4 is 9.72 Å². The number of phenolic OH excluding ortho intramolecular Hbond substituents is 1. The number of hydrogen-bond donors (Lipinski definition) is 1. The molecule has 3 aromatic carbocycles. The predicted octanol–water partition coefficient (Wildman–Crippen LogP) is 8.75. The minimum Gasteiger partial charge on any atom is -0.507 e. The summed E-state index contributed by atoms with van der Waals surface area (Å²) in [5, 5.41) is 11.8. The number of esters is 1. The lowest BCUT2D eigenvalue weighted by molar-refractivity contribution is -0.357. The molecule has 0 unspecified atom stereocenters. The number of ether oxygens (including phenoxy) is 1. The molecule has 0 radical (unpaired) electrons. The molecular weight excluding hydrogens is 998 g/mol. The number of aromatic hydroxyl groups is 1. The first-order valence-electron chi connectivity index (χ1n) is 13.4. The Hall–Kier alpha value is -1.40. The summed E-state index contributed by atoms with van der Waals surface area (Å²) in [5.74, 6) is -1.61. The summed E-state index contributed by atoms with van der Waals surface area (Å²) in [5.41, 5.74) is 2.70. The SMILES string of the molecule is CC(C)(C)c1cc(C(=O)Oc2cccc3ccc(C4C(=O)c5c(I)c(I)c(I)c(I)c5C4=O)[nH+]c23)cc(C(C)(C)C)c1O. The molecule has 10 heteroatoms. The summed E-state index contributed by atoms with van der Waals surface area (Å²) in [6.07, 6.45) is 0. The Morgan fingerprint density at radius 3 is 1.79 bits per heavy atom. The van der Waals surface area contributed by atoms with Crippen molar-refractivity contribution in [3.05, 3.63) is 90.3 Å². The van der Waals surface area contributed by atoms with Crippen molar-refractivity contribution in [3.63, 3.8) is 0 Å². The monoisotopic (exact) mass is 1030 g/mol. The first-order chi connectivity index (χ1) is 19.9. The lowest BCUT2D eigenvalue weighted by atomic mass is 9.78. The van der Waals surface area contributed by atoms with Gasteiger partial charge in [-0.15, -0.1) is 0 Å². The average molecular weight is 1030 g/mol. The normalized spacial score (nSPS) is 14.0. The van der Waals surface area contributed by atoms with Crippen LogP contribution in [0.5, 0.6) is 11.5 Å². The smallest absolute Gasteiger partial charge is 0.343 e. The number of phenols is 1. The van der Waals surface area contributed by atoms with Crippen molar-refractivity contribution in [2.24, 2.45) is 0 Å². The number of pyridine rings is 1. The van der Waals surface area contributed by atoms with Crippen molar-refractivity contribution in [2.45, 2.75) is 58.3 Å². The van der Waals surface area contributed by atoms with Crippen LogP contribution in [0.25, 0.3) is 10.9 Å². The van der Waals surface area contributed by atoms with Crippen LogP contribution in [-0.2, 0) is 10.8 Å². The number of rotatable bonds is 3. The van der Waals surface area contributed by atoms with Crippen molar-refractivity contribution >= 4 is 119 Å². The number of para-hydroxylation sites is 1. The second-order valence-electron chi connectivity index (χ2n) is 12.6. The quantitative estimate of drug-likeness (QED) is 0.0554. The van der Waals surface area contributed by atoms with Gasteiger partial charge in [0.15, 0.2) is 23.2 Å². The number of aromatic nitrogens is 1. The fourth-order valence-corrected chi connectivity index (χ4v) is 9.00. The highest BCUT2D eigenvalue weighted by molar-refractivity contribution is 14.1. The van der Waals surface area contributed by atoms with Gasteiger partial charge in [-0.05, 0) is 132 Å². The maximum absolute atomic E-state index is 13.7. The Kier molecular flexibility index (Phi) is 9.01. The van der Waals surface area contributed by atoms with Gasteiger partial charge in [0.1, 0.15) is 5.75 Å². The Labute approximate surface area is 304 Å². The van der Waals surface area contributed by atoms with Crippen LogP contribution in [-0.4, -0.2) is 22.6 Å². The summed E-state index contributed by atoms with van der Waals surface area (Å²) in [6, 6.07) is 12.3. The maximum atomic E-state index is 13.7. The van der Waals surface area contributed by atoms with Gasteiger partial charge in [0, 0.05) is 42.6 Å². The Morgan fingerprint density at radius 1 is 0.791 bits per heavy atom. The summed E-state index contributed by atoms with van der Waals surface area (Å²) in [7, 11) is 0. The van der Waals surface area contributed by atoms with Crippen LogP contribution in [0.2, 0.25) is 0 Å². The zero-order valence-electron chi connectivity index (χ0n) is 24.2. The van der Waals surface area contributed by atoms with Crippen LogP contribution in [0, 0.1) is 14.3 Å². The van der Waals surface area contributed by atoms with Gasteiger partial charge >= 0.3 is 5.97 Å². The molecule has 5 rings (SSSR count). The number of H-pyrrole nitrogens is 1. The predicted molar refractivity (Wildman–Crippen MR) is 200 cm³/mol. The number of aromatic amines is 1. The van der Waals surface area contributed by atoms with Gasteiger partial charge < -0.3 is 9.84 Å². The van der Waals surface area contributed by atoms with Gasteiger partial charge in [-0.1, -0.05) is 47.6 Å². The summed E-state index contributed by atoms with van der Waals surface area (Å²) in [4.78, 5) is 44.3. The zero-order chi connectivity index (χ0) is 31.8. The number of ketones is 2. The molecule has 1 aromatic heterocycles. The molecule has 0 atom stereocenters. The molecule has 0 fully saturated rings. The van der Waals surface area contributed by atoms with Gasteiger partial charge in [-0.3, -0.25) is 9.59 Å². The van der Waals surface area contributed by atoms with Gasteiger partial charge in [0.25, 0.3) is 5.52 Å². The standard InChI is InChI=1S/C33H27I4NO5/c1-32(2,3)16-12-15(13-17(28(16)39)33(4,5)6)31(42)43-19-9-7-8-14-10-11-18(38-27(14)19)20-29(40)21-22(30(20)41)24(35)26(37)25(36)23(21)34/h7-13,20,39H,1-6H3/p+1. The van der Waals surface area contributed by atoms with E-state index in [-0.39, 0.29) is 23.1 Å². The molecule has 2 N–H and O–H groups in total. The van der Waals surface area contributed by atoms with Gasteiger partial charge in [-0.25, -0.2) is 9.78 Å². The van der Waals surface area contributed by atoms with Crippen LogP contribution in [0.15, 0.2) is 42.5 Å². The van der Waals surface area contributed by atoms with E-state index in [1.807, 2.05) is 53.7 Å². The molecule has 0 amide bonds. The first kappa shape index (κ1) is 33.0. The number of carbonyl (C=O) groups is 3. The van der Waals surface area contributed by atoms with Crippen molar-refractivity contribution in [3.8, 4) is 11.5 Å². The van der Waals surface area contributed by atoms with Crippen molar-refractivity contribution in [1.82, 2.24) is 0 Å². The second kappa shape index (κ2) is 11.8. The number of benzene rings is 3. The molecule has 43 heavy (non-hydrogen) atoms. The summed E-state index contributed by atoms with van der Waals surface area (Å²) < 4.78 is 9.45. The highest BCUT2D eigenvalue weighted by Gasteiger charge is 2.47. The average Bonchev–Trinajstić information content (AvgIpc) is 3.19. The lowest BCUT2D eigenvalue weighted by Gasteiger charge is -2.27. The third-order valence-electron chi connectivity index (χ3n) is 7.53. The fraction of sp³-hybridized carbons (Fsp3) is 0.273. The largest absolute Gasteiger partial charge is 0.507 e. The topological polar surface area (TPSA) is 94.8 Å². The van der Waals surface area contributed by atoms with E-state index < -0.39 is 22.7 Å². The van der Waals surface area contributed by atoms with E-state index >= 15 is 0 Å². The Balaban J connectivity index is 1.58. The maximum Gasteiger partial charge on any atom is 0.343 e. The van der Waals surface area contributed by atoms with E-state index in [4.69, 9.17) is 4.74 Å². The van der Waals surface area contributed by atoms with Crippen LogP contribution >= 0.6 is 90.4 Å². The second-order valence-corrected chi connectivity index (χ2v) is 16.9. The number of fused-ring (bicyclic) bond motifs is 2. The molecule has 0 aliphatic heterocycles. The first-order valence-corrected chi connectivity index (χ1v) is 17.7. The highest BCUT2D eigenvalue weighted by atomic mass is 127. The minimum atomic E-state index is -1.01. The van der Waals surface area contributed by atoms with E-state index in [2.05, 4.69) is 95.3 Å². The van der Waals surface area contributed by atoms with Gasteiger partial charge in [0.2, 0.25) is 5.75 Å². The number of carbonyl (C=O) groups excluding carboxylic acids is 3. The third-order valence-corrected chi connectivity index (χ3v) is 14.9. The van der Waals surface area contributed by atoms with Crippen LogP contribution in [0.4, 0.5) is 0 Å². The molecule has 4 aromatic rings. The van der Waals surface area contributed by atoms with E-state index in [1.165, 1.54) is 0 Å². The van der Waals surface area contributed by atoms with Crippen molar-refractivity contribution < 1.29 is 29.2 Å². The van der Waals surface area contributed by atoms with Crippen molar-refractivity contribution in [2.75, 3.05) is 0 Å². The molecule has 0 saturated carbocycles. The van der Waals surface area contributed by atoms with Crippen molar-refractivity contribution in [1.29, 1.82) is 0 Å². The fourth-order valence-electron chi connectivity index (χ4n) is 5.28. The van der Waals surface area contributed by atoms with E-state index in [0.717, 1.165) is 19.7 Å². The zero-order valence-corrected chi connectivity index (χ0v) is 32.8. The third kappa shape index (κ3) is 5.86. The number of Topliss-reactive ketones (excluding diaryl/α,β-unsaturated/α-hetero) is 2. The molecule has 1 heterocycles. The molecule has 0 spiro atoms. The van der Waals surface area contributed by atoms with Gasteiger partial charge in [0.05, 0.1) is 10.9 Å². The summed E-state index contributed by atoms with van der Waals surface area (Å²) >= 11 is 8.74. The molecule has 222 valence electrons. The Bertz CT molecular complexity index is 1800. The van der Waals surface area contributed by atoms with Crippen LogP contribution in [0.3, 0.4) is 0 Å². The van der Waals surface area contributed by atoms with Crippen LogP contribution in [0.1, 0.15) is 95.4 Å². The molecule has 1 aliphatic carbocycles.